The highest BCUT2D eigenvalue weighted by molar-refractivity contribution is 6.06. The van der Waals surface area contributed by atoms with Crippen molar-refractivity contribution in [1.29, 1.82) is 0 Å². The monoisotopic (exact) mass is 322 g/mol. The lowest BCUT2D eigenvalue weighted by Gasteiger charge is -2.08. The zero-order chi connectivity index (χ0) is 16.9. The van der Waals surface area contributed by atoms with Crippen LogP contribution < -0.4 is 10.1 Å². The van der Waals surface area contributed by atoms with E-state index in [2.05, 4.69) is 16.9 Å². The summed E-state index contributed by atoms with van der Waals surface area (Å²) in [5, 5.41) is 3.43. The Morgan fingerprint density at radius 1 is 1.21 bits per heavy atom. The van der Waals surface area contributed by atoms with Crippen LogP contribution in [-0.4, -0.2) is 17.5 Å². The molecular weight excluding hydrogens is 307 g/mol. The SMILES string of the molecule is C=CCOc1cc2cc(C(=O)Nc3ccccc3)ccc2nc1F. The van der Waals surface area contributed by atoms with Crippen LogP contribution in [0.1, 0.15) is 10.4 Å². The van der Waals surface area contributed by atoms with Crippen molar-refractivity contribution < 1.29 is 13.9 Å². The van der Waals surface area contributed by atoms with Gasteiger partial charge in [0, 0.05) is 16.6 Å². The molecular formula is C19H15FN2O2. The van der Waals surface area contributed by atoms with Crippen LogP contribution in [0.15, 0.2) is 67.3 Å². The molecule has 120 valence electrons. The molecule has 1 aromatic heterocycles. The van der Waals surface area contributed by atoms with E-state index in [-0.39, 0.29) is 18.3 Å². The maximum absolute atomic E-state index is 13.8. The lowest BCUT2D eigenvalue weighted by molar-refractivity contribution is 0.102. The van der Waals surface area contributed by atoms with Gasteiger partial charge >= 0.3 is 0 Å². The van der Waals surface area contributed by atoms with E-state index in [9.17, 15) is 9.18 Å². The number of benzene rings is 2. The molecule has 1 amide bonds. The second-order valence-corrected chi connectivity index (χ2v) is 5.10. The molecule has 0 saturated carbocycles. The van der Waals surface area contributed by atoms with Crippen molar-refractivity contribution in [2.24, 2.45) is 0 Å². The Morgan fingerprint density at radius 3 is 2.75 bits per heavy atom. The van der Waals surface area contributed by atoms with Gasteiger partial charge in [0.2, 0.25) is 0 Å². The number of ether oxygens (including phenoxy) is 1. The molecule has 0 radical (unpaired) electrons. The number of pyridine rings is 1. The Kier molecular flexibility index (Phi) is 4.52. The first-order chi connectivity index (χ1) is 11.7. The average molecular weight is 322 g/mol. The molecule has 0 unspecified atom stereocenters. The standard InChI is InChI=1S/C19H15FN2O2/c1-2-10-24-17-12-14-11-13(8-9-16(14)22-18(17)20)19(23)21-15-6-4-3-5-7-15/h2-9,11-12H,1,10H2,(H,21,23). The number of hydrogen-bond acceptors (Lipinski definition) is 3. The number of carbonyl (C=O) groups is 1. The molecule has 0 aliphatic rings. The number of carbonyl (C=O) groups excluding carboxylic acids is 1. The number of anilines is 1. The lowest BCUT2D eigenvalue weighted by Crippen LogP contribution is -2.11. The molecule has 3 rings (SSSR count). The first-order valence-electron chi connectivity index (χ1n) is 7.38. The van der Waals surface area contributed by atoms with Crippen molar-refractivity contribution in [1.82, 2.24) is 4.98 Å². The minimum Gasteiger partial charge on any atom is -0.485 e. The molecule has 1 heterocycles. The summed E-state index contributed by atoms with van der Waals surface area (Å²) < 4.78 is 19.1. The van der Waals surface area contributed by atoms with E-state index in [0.29, 0.717) is 22.2 Å². The molecule has 0 atom stereocenters. The molecule has 24 heavy (non-hydrogen) atoms. The van der Waals surface area contributed by atoms with Gasteiger partial charge in [-0.05, 0) is 36.4 Å². The fourth-order valence-corrected chi connectivity index (χ4v) is 2.25. The van der Waals surface area contributed by atoms with Crippen molar-refractivity contribution in [3.63, 3.8) is 0 Å². The van der Waals surface area contributed by atoms with Crippen molar-refractivity contribution in [3.05, 3.63) is 78.8 Å². The molecule has 3 aromatic rings. The molecule has 0 spiro atoms. The van der Waals surface area contributed by atoms with Gasteiger partial charge in [0.05, 0.1) is 5.52 Å². The molecule has 5 heteroatoms. The average Bonchev–Trinajstić information content (AvgIpc) is 2.60. The van der Waals surface area contributed by atoms with Gasteiger partial charge in [-0.25, -0.2) is 4.98 Å². The van der Waals surface area contributed by atoms with Crippen LogP contribution in [0.5, 0.6) is 5.75 Å². The van der Waals surface area contributed by atoms with Crippen LogP contribution in [0.2, 0.25) is 0 Å². The lowest BCUT2D eigenvalue weighted by atomic mass is 10.1. The maximum atomic E-state index is 13.8. The number of nitrogens with one attached hydrogen (secondary N) is 1. The summed E-state index contributed by atoms with van der Waals surface area (Å²) in [6, 6.07) is 15.6. The predicted octanol–water partition coefficient (Wildman–Crippen LogP) is 4.19. The fraction of sp³-hybridized carbons (Fsp3) is 0.0526. The summed E-state index contributed by atoms with van der Waals surface area (Å²) in [5.74, 6) is -0.908. The van der Waals surface area contributed by atoms with E-state index in [1.807, 2.05) is 18.2 Å². The highest BCUT2D eigenvalue weighted by atomic mass is 19.1. The van der Waals surface area contributed by atoms with Crippen LogP contribution in [0.25, 0.3) is 10.9 Å². The number of rotatable bonds is 5. The third kappa shape index (κ3) is 3.41. The minimum atomic E-state index is -0.689. The van der Waals surface area contributed by atoms with E-state index in [4.69, 9.17) is 4.74 Å². The van der Waals surface area contributed by atoms with Gasteiger partial charge in [-0.3, -0.25) is 4.79 Å². The Bertz CT molecular complexity index is 895. The van der Waals surface area contributed by atoms with Gasteiger partial charge in [0.1, 0.15) is 6.61 Å². The van der Waals surface area contributed by atoms with Crippen molar-refractivity contribution in [3.8, 4) is 5.75 Å². The fourth-order valence-electron chi connectivity index (χ4n) is 2.25. The number of hydrogen-bond donors (Lipinski definition) is 1. The summed E-state index contributed by atoms with van der Waals surface area (Å²) in [7, 11) is 0. The summed E-state index contributed by atoms with van der Waals surface area (Å²) >= 11 is 0. The van der Waals surface area contributed by atoms with E-state index in [1.165, 1.54) is 12.1 Å². The van der Waals surface area contributed by atoms with E-state index in [1.54, 1.807) is 30.3 Å². The second kappa shape index (κ2) is 6.91. The Hall–Kier alpha value is -3.21. The quantitative estimate of drug-likeness (QED) is 0.566. The van der Waals surface area contributed by atoms with E-state index >= 15 is 0 Å². The molecule has 1 N–H and O–H groups in total. The van der Waals surface area contributed by atoms with Crippen LogP contribution >= 0.6 is 0 Å². The summed E-state index contributed by atoms with van der Waals surface area (Å²) in [6.07, 6.45) is 1.52. The molecule has 0 bridgehead atoms. The molecule has 0 saturated heterocycles. The van der Waals surface area contributed by atoms with Crippen molar-refractivity contribution >= 4 is 22.5 Å². The number of halogens is 1. The number of fused-ring (bicyclic) bond motifs is 1. The van der Waals surface area contributed by atoms with Crippen LogP contribution in [0.3, 0.4) is 0 Å². The third-order valence-corrected chi connectivity index (χ3v) is 3.39. The molecule has 4 nitrogen and oxygen atoms in total. The second-order valence-electron chi connectivity index (χ2n) is 5.10. The Balaban J connectivity index is 1.90. The molecule has 0 aliphatic carbocycles. The number of aromatic nitrogens is 1. The van der Waals surface area contributed by atoms with Crippen LogP contribution in [0, 0.1) is 5.95 Å². The van der Waals surface area contributed by atoms with E-state index < -0.39 is 5.95 Å². The molecule has 2 aromatic carbocycles. The summed E-state index contributed by atoms with van der Waals surface area (Å²) in [5.41, 5.74) is 1.61. The zero-order valence-corrected chi connectivity index (χ0v) is 12.8. The maximum Gasteiger partial charge on any atom is 0.255 e. The van der Waals surface area contributed by atoms with Gasteiger partial charge in [0.25, 0.3) is 11.9 Å². The first-order valence-corrected chi connectivity index (χ1v) is 7.38. The molecule has 0 fully saturated rings. The Morgan fingerprint density at radius 2 is 2.00 bits per heavy atom. The van der Waals surface area contributed by atoms with Gasteiger partial charge in [-0.2, -0.15) is 4.39 Å². The number of nitrogens with zero attached hydrogens (tertiary/aromatic N) is 1. The van der Waals surface area contributed by atoms with Gasteiger partial charge in [0.15, 0.2) is 5.75 Å². The smallest absolute Gasteiger partial charge is 0.255 e. The van der Waals surface area contributed by atoms with Crippen LogP contribution in [-0.2, 0) is 0 Å². The number of para-hydroxylation sites is 1. The van der Waals surface area contributed by atoms with Gasteiger partial charge in [-0.15, -0.1) is 0 Å². The van der Waals surface area contributed by atoms with Gasteiger partial charge < -0.3 is 10.1 Å². The predicted molar refractivity (Wildman–Crippen MR) is 91.8 cm³/mol. The van der Waals surface area contributed by atoms with Crippen LogP contribution in [0.4, 0.5) is 10.1 Å². The minimum absolute atomic E-state index is 0.0306. The van der Waals surface area contributed by atoms with Crippen molar-refractivity contribution in [2.45, 2.75) is 0 Å². The molecule has 0 aliphatic heterocycles. The topological polar surface area (TPSA) is 51.2 Å². The Labute approximate surface area is 138 Å². The highest BCUT2D eigenvalue weighted by Gasteiger charge is 2.11. The van der Waals surface area contributed by atoms with Gasteiger partial charge in [-0.1, -0.05) is 30.9 Å². The highest BCUT2D eigenvalue weighted by Crippen LogP contribution is 2.23. The van der Waals surface area contributed by atoms with Crippen molar-refractivity contribution in [2.75, 3.05) is 11.9 Å². The third-order valence-electron chi connectivity index (χ3n) is 3.39. The zero-order valence-electron chi connectivity index (χ0n) is 12.8. The summed E-state index contributed by atoms with van der Waals surface area (Å²) in [4.78, 5) is 16.2. The first kappa shape index (κ1) is 15.7. The number of amides is 1. The largest absolute Gasteiger partial charge is 0.485 e. The van der Waals surface area contributed by atoms with E-state index in [0.717, 1.165) is 0 Å². The summed E-state index contributed by atoms with van der Waals surface area (Å²) in [6.45, 7) is 3.70. The normalized spacial score (nSPS) is 10.4.